The Labute approximate surface area is 155 Å². The molecule has 1 N–H and O–H groups in total. The second-order valence-electron chi connectivity index (χ2n) is 7.93. The maximum atomic E-state index is 12.5. The van der Waals surface area contributed by atoms with Gasteiger partial charge in [0.2, 0.25) is 0 Å². The molecule has 26 heavy (non-hydrogen) atoms. The Morgan fingerprint density at radius 3 is 2.42 bits per heavy atom. The summed E-state index contributed by atoms with van der Waals surface area (Å²) in [6.45, 7) is 8.87. The van der Waals surface area contributed by atoms with Crippen LogP contribution in [0.4, 0.5) is 0 Å². The van der Waals surface area contributed by atoms with Gasteiger partial charge in [-0.15, -0.1) is 0 Å². The molecule has 1 aliphatic heterocycles. The Hall–Kier alpha value is -1.57. The normalized spacial score (nSPS) is 20.9. The fraction of sp³-hybridized carbons (Fsp3) is 0.632. The number of rotatable bonds is 7. The average molecular weight is 361 g/mol. The van der Waals surface area contributed by atoms with Crippen molar-refractivity contribution in [3.8, 4) is 5.75 Å². The standard InChI is InChI=1S/C19H28BNO5/c1-18(2)19(3,4)26-20(25-18)13-6-9-15(17(22)21-14-7-8-14)16(12-13)24-11-10-23-5/h6,9,12,14H,7-8,10-11H2,1-5H3,(H,21,22). The quantitative estimate of drug-likeness (QED) is 0.594. The highest BCUT2D eigenvalue weighted by Gasteiger charge is 2.51. The highest BCUT2D eigenvalue weighted by atomic mass is 16.7. The first-order valence-electron chi connectivity index (χ1n) is 9.16. The summed E-state index contributed by atoms with van der Waals surface area (Å²) < 4.78 is 23.1. The van der Waals surface area contributed by atoms with Crippen LogP contribution in [0.3, 0.4) is 0 Å². The number of amides is 1. The molecular weight excluding hydrogens is 333 g/mol. The van der Waals surface area contributed by atoms with Gasteiger partial charge in [0.1, 0.15) is 12.4 Å². The van der Waals surface area contributed by atoms with E-state index in [1.165, 1.54) is 0 Å². The van der Waals surface area contributed by atoms with Crippen molar-refractivity contribution in [2.24, 2.45) is 0 Å². The maximum absolute atomic E-state index is 12.5. The number of ether oxygens (including phenoxy) is 2. The third kappa shape index (κ3) is 4.05. The van der Waals surface area contributed by atoms with Gasteiger partial charge in [0.05, 0.1) is 23.4 Å². The number of benzene rings is 1. The Balaban J connectivity index is 1.83. The second-order valence-corrected chi connectivity index (χ2v) is 7.93. The molecule has 7 heteroatoms. The molecule has 142 valence electrons. The highest BCUT2D eigenvalue weighted by Crippen LogP contribution is 2.36. The Morgan fingerprint density at radius 2 is 1.85 bits per heavy atom. The molecule has 1 aromatic rings. The SMILES string of the molecule is COCCOc1cc(B2OC(C)(C)C(C)(C)O2)ccc1C(=O)NC1CC1. The molecule has 1 amide bonds. The molecule has 2 aliphatic rings. The molecule has 0 radical (unpaired) electrons. The average Bonchev–Trinajstić information content (AvgIpc) is 3.33. The third-order valence-corrected chi connectivity index (χ3v) is 5.23. The lowest BCUT2D eigenvalue weighted by molar-refractivity contribution is 0.00578. The van der Waals surface area contributed by atoms with Gasteiger partial charge >= 0.3 is 7.12 Å². The fourth-order valence-electron chi connectivity index (χ4n) is 2.70. The van der Waals surface area contributed by atoms with Gasteiger partial charge in [-0.2, -0.15) is 0 Å². The minimum Gasteiger partial charge on any atom is -0.490 e. The van der Waals surface area contributed by atoms with Crippen LogP contribution in [0.2, 0.25) is 0 Å². The van der Waals surface area contributed by atoms with Crippen molar-refractivity contribution in [3.05, 3.63) is 23.8 Å². The van der Waals surface area contributed by atoms with E-state index in [1.54, 1.807) is 13.2 Å². The topological polar surface area (TPSA) is 66.0 Å². The summed E-state index contributed by atoms with van der Waals surface area (Å²) in [6.07, 6.45) is 2.08. The first-order valence-corrected chi connectivity index (χ1v) is 9.16. The predicted octanol–water partition coefficient (Wildman–Crippen LogP) is 1.90. The van der Waals surface area contributed by atoms with Crippen LogP contribution >= 0.6 is 0 Å². The molecule has 1 heterocycles. The predicted molar refractivity (Wildman–Crippen MR) is 100 cm³/mol. The van der Waals surface area contributed by atoms with Gasteiger partial charge in [0.25, 0.3) is 5.91 Å². The Kier molecular flexibility index (Phi) is 5.33. The number of nitrogens with one attached hydrogen (secondary N) is 1. The summed E-state index contributed by atoms with van der Waals surface area (Å²) in [6, 6.07) is 5.77. The van der Waals surface area contributed by atoms with Crippen molar-refractivity contribution in [1.82, 2.24) is 5.32 Å². The zero-order valence-electron chi connectivity index (χ0n) is 16.3. The number of methoxy groups -OCH3 is 1. The lowest BCUT2D eigenvalue weighted by Gasteiger charge is -2.32. The van der Waals surface area contributed by atoms with Crippen LogP contribution in [0.1, 0.15) is 50.9 Å². The minimum atomic E-state index is -0.495. The monoisotopic (exact) mass is 361 g/mol. The molecular formula is C19H28BNO5. The lowest BCUT2D eigenvalue weighted by atomic mass is 9.78. The van der Waals surface area contributed by atoms with Crippen molar-refractivity contribution in [2.75, 3.05) is 20.3 Å². The van der Waals surface area contributed by atoms with Crippen LogP contribution in [-0.4, -0.2) is 50.6 Å². The molecule has 0 spiro atoms. The van der Waals surface area contributed by atoms with Gasteiger partial charge in [-0.3, -0.25) is 4.79 Å². The minimum absolute atomic E-state index is 0.111. The van der Waals surface area contributed by atoms with Gasteiger partial charge in [-0.25, -0.2) is 0 Å². The molecule has 3 rings (SSSR count). The zero-order chi connectivity index (χ0) is 18.9. The summed E-state index contributed by atoms with van der Waals surface area (Å²) in [5, 5.41) is 3.00. The van der Waals surface area contributed by atoms with E-state index in [1.807, 2.05) is 39.8 Å². The molecule has 0 atom stereocenters. The summed E-state index contributed by atoms with van der Waals surface area (Å²) in [5.74, 6) is 0.410. The largest absolute Gasteiger partial charge is 0.494 e. The second kappa shape index (κ2) is 7.21. The van der Waals surface area contributed by atoms with Crippen molar-refractivity contribution in [2.45, 2.75) is 57.8 Å². The van der Waals surface area contributed by atoms with Gasteiger partial charge in [0, 0.05) is 13.2 Å². The van der Waals surface area contributed by atoms with Gasteiger partial charge < -0.3 is 24.1 Å². The van der Waals surface area contributed by atoms with Crippen LogP contribution in [0.5, 0.6) is 5.75 Å². The Morgan fingerprint density at radius 1 is 1.19 bits per heavy atom. The number of carbonyl (C=O) groups excluding carboxylic acids is 1. The third-order valence-electron chi connectivity index (χ3n) is 5.23. The molecule has 0 bridgehead atoms. The van der Waals surface area contributed by atoms with E-state index >= 15 is 0 Å². The van der Waals surface area contributed by atoms with Crippen LogP contribution in [0.15, 0.2) is 18.2 Å². The number of carbonyl (C=O) groups is 1. The molecule has 1 saturated carbocycles. The van der Waals surface area contributed by atoms with Gasteiger partial charge in [0.15, 0.2) is 0 Å². The van der Waals surface area contributed by atoms with Crippen molar-refractivity contribution in [3.63, 3.8) is 0 Å². The Bertz CT molecular complexity index is 656. The number of hydrogen-bond acceptors (Lipinski definition) is 5. The maximum Gasteiger partial charge on any atom is 0.494 e. The molecule has 6 nitrogen and oxygen atoms in total. The highest BCUT2D eigenvalue weighted by molar-refractivity contribution is 6.62. The molecule has 1 saturated heterocycles. The summed E-state index contributed by atoms with van der Waals surface area (Å²) in [5.41, 5.74) is 0.514. The van der Waals surface area contributed by atoms with E-state index in [0.29, 0.717) is 24.5 Å². The molecule has 0 aromatic heterocycles. The first-order chi connectivity index (χ1) is 12.2. The van der Waals surface area contributed by atoms with Crippen LogP contribution in [-0.2, 0) is 14.0 Å². The zero-order valence-corrected chi connectivity index (χ0v) is 16.3. The molecule has 0 unspecified atom stereocenters. The van der Waals surface area contributed by atoms with E-state index in [0.717, 1.165) is 18.3 Å². The van der Waals surface area contributed by atoms with E-state index in [2.05, 4.69) is 5.32 Å². The summed E-state index contributed by atoms with van der Waals surface area (Å²) >= 11 is 0. The van der Waals surface area contributed by atoms with E-state index < -0.39 is 18.3 Å². The summed E-state index contributed by atoms with van der Waals surface area (Å²) in [7, 11) is 1.12. The van der Waals surface area contributed by atoms with E-state index in [9.17, 15) is 4.79 Å². The summed E-state index contributed by atoms with van der Waals surface area (Å²) in [4.78, 5) is 12.5. The van der Waals surface area contributed by atoms with Crippen molar-refractivity contribution in [1.29, 1.82) is 0 Å². The van der Waals surface area contributed by atoms with E-state index in [4.69, 9.17) is 18.8 Å². The van der Waals surface area contributed by atoms with Crippen LogP contribution in [0.25, 0.3) is 0 Å². The van der Waals surface area contributed by atoms with Crippen molar-refractivity contribution >= 4 is 18.5 Å². The molecule has 1 aliphatic carbocycles. The fourth-order valence-corrected chi connectivity index (χ4v) is 2.70. The van der Waals surface area contributed by atoms with Gasteiger partial charge in [-0.1, -0.05) is 6.07 Å². The van der Waals surface area contributed by atoms with Crippen LogP contribution in [0, 0.1) is 0 Å². The van der Waals surface area contributed by atoms with E-state index in [-0.39, 0.29) is 11.9 Å². The lowest BCUT2D eigenvalue weighted by Crippen LogP contribution is -2.41. The molecule has 1 aromatic carbocycles. The van der Waals surface area contributed by atoms with Gasteiger partial charge in [-0.05, 0) is 58.1 Å². The first kappa shape index (κ1) is 19.2. The van der Waals surface area contributed by atoms with Crippen LogP contribution < -0.4 is 15.5 Å². The molecule has 2 fully saturated rings. The van der Waals surface area contributed by atoms with Crippen molar-refractivity contribution < 1.29 is 23.6 Å². The number of hydrogen-bond donors (Lipinski definition) is 1. The smallest absolute Gasteiger partial charge is 0.490 e.